The normalized spacial score (nSPS) is 17.7. The van der Waals surface area contributed by atoms with Crippen molar-refractivity contribution < 1.29 is 4.39 Å². The molecule has 1 atom stereocenters. The summed E-state index contributed by atoms with van der Waals surface area (Å²) < 4.78 is 15.6. The van der Waals surface area contributed by atoms with E-state index in [-0.39, 0.29) is 17.3 Å². The van der Waals surface area contributed by atoms with E-state index in [4.69, 9.17) is 4.98 Å². The van der Waals surface area contributed by atoms with Crippen molar-refractivity contribution in [3.63, 3.8) is 0 Å². The minimum atomic E-state index is -0.282. The van der Waals surface area contributed by atoms with Gasteiger partial charge in [0.25, 0.3) is 5.56 Å². The predicted molar refractivity (Wildman–Crippen MR) is 125 cm³/mol. The zero-order chi connectivity index (χ0) is 22.1. The second-order valence-corrected chi connectivity index (χ2v) is 9.38. The summed E-state index contributed by atoms with van der Waals surface area (Å²) in [7, 11) is 0. The van der Waals surface area contributed by atoms with Crippen LogP contribution in [0, 0.1) is 11.7 Å². The molecule has 2 aromatic carbocycles. The summed E-state index contributed by atoms with van der Waals surface area (Å²) in [5.41, 5.74) is 2.31. The number of likely N-dealkylation sites (tertiary alicyclic amines) is 1. The van der Waals surface area contributed by atoms with Gasteiger partial charge in [-0.25, -0.2) is 9.37 Å². The lowest BCUT2D eigenvalue weighted by atomic mass is 9.96. The Morgan fingerprint density at radius 3 is 2.58 bits per heavy atom. The molecule has 1 fully saturated rings. The van der Waals surface area contributed by atoms with Gasteiger partial charge in [0.1, 0.15) is 11.6 Å². The lowest BCUT2D eigenvalue weighted by Gasteiger charge is -2.36. The second kappa shape index (κ2) is 8.91. The van der Waals surface area contributed by atoms with Gasteiger partial charge in [-0.05, 0) is 74.5 Å². The van der Waals surface area contributed by atoms with Gasteiger partial charge in [-0.15, -0.1) is 0 Å². The van der Waals surface area contributed by atoms with E-state index in [1.54, 1.807) is 6.07 Å². The summed E-state index contributed by atoms with van der Waals surface area (Å²) in [4.78, 5) is 21.0. The van der Waals surface area contributed by atoms with Crippen molar-refractivity contribution >= 4 is 10.9 Å². The lowest BCUT2D eigenvalue weighted by Crippen LogP contribution is -2.42. The molecule has 0 aliphatic carbocycles. The van der Waals surface area contributed by atoms with E-state index in [1.165, 1.54) is 18.6 Å². The number of rotatable bonds is 5. The summed E-state index contributed by atoms with van der Waals surface area (Å²) in [6, 6.07) is 12.7. The van der Waals surface area contributed by atoms with E-state index in [2.05, 4.69) is 32.6 Å². The van der Waals surface area contributed by atoms with Gasteiger partial charge in [0.2, 0.25) is 0 Å². The summed E-state index contributed by atoms with van der Waals surface area (Å²) in [5.74, 6) is 1.16. The SMILES string of the molecule is CC(C)c1nc2ccc(-c3cccc(F)c3)cc2c(=O)n1C[C@H]1CCCN(C(C)C)C1. The molecule has 5 heteroatoms. The predicted octanol–water partition coefficient (Wildman–Crippen LogP) is 5.45. The van der Waals surface area contributed by atoms with Crippen LogP contribution in [-0.2, 0) is 6.54 Å². The molecule has 0 N–H and O–H groups in total. The smallest absolute Gasteiger partial charge is 0.261 e. The average molecular weight is 422 g/mol. The molecule has 164 valence electrons. The van der Waals surface area contributed by atoms with Crippen molar-refractivity contribution in [3.05, 3.63) is 64.5 Å². The standard InChI is InChI=1S/C26H32FN3O/c1-17(2)25-28-24-11-10-21(20-8-5-9-22(27)13-20)14-23(24)26(31)30(25)16-19-7-6-12-29(15-19)18(3)4/h5,8-11,13-14,17-19H,6-7,12,15-16H2,1-4H3/t19-/m0/s1. The molecular formula is C26H32FN3O. The van der Waals surface area contributed by atoms with Crippen LogP contribution in [0.4, 0.5) is 4.39 Å². The van der Waals surface area contributed by atoms with Crippen LogP contribution in [0.2, 0.25) is 0 Å². The Labute approximate surface area is 183 Å². The van der Waals surface area contributed by atoms with Crippen LogP contribution in [0.15, 0.2) is 47.3 Å². The minimum Gasteiger partial charge on any atom is -0.301 e. The maximum absolute atomic E-state index is 13.7. The Balaban J connectivity index is 1.77. The van der Waals surface area contributed by atoms with Gasteiger partial charge in [0.15, 0.2) is 0 Å². The molecule has 0 bridgehead atoms. The third-order valence-electron chi connectivity index (χ3n) is 6.38. The Hall–Kier alpha value is -2.53. The Bertz CT molecular complexity index is 1140. The molecule has 0 amide bonds. The molecule has 31 heavy (non-hydrogen) atoms. The van der Waals surface area contributed by atoms with Crippen LogP contribution in [0.3, 0.4) is 0 Å². The van der Waals surface area contributed by atoms with Crippen molar-refractivity contribution in [2.45, 2.75) is 59.0 Å². The molecule has 0 radical (unpaired) electrons. The molecule has 0 saturated carbocycles. The highest BCUT2D eigenvalue weighted by Gasteiger charge is 2.24. The van der Waals surface area contributed by atoms with Gasteiger partial charge in [0, 0.05) is 25.0 Å². The molecule has 2 heterocycles. The van der Waals surface area contributed by atoms with E-state index in [0.717, 1.165) is 36.5 Å². The number of hydrogen-bond donors (Lipinski definition) is 0. The fourth-order valence-electron chi connectivity index (χ4n) is 4.68. The summed E-state index contributed by atoms with van der Waals surface area (Å²) in [6.45, 7) is 11.5. The number of aromatic nitrogens is 2. The molecule has 1 aliphatic heterocycles. The van der Waals surface area contributed by atoms with Crippen LogP contribution in [0.25, 0.3) is 22.0 Å². The van der Waals surface area contributed by atoms with E-state index < -0.39 is 0 Å². The van der Waals surface area contributed by atoms with Gasteiger partial charge >= 0.3 is 0 Å². The third-order valence-corrected chi connectivity index (χ3v) is 6.38. The second-order valence-electron chi connectivity index (χ2n) is 9.38. The number of halogens is 1. The third kappa shape index (κ3) is 4.57. The largest absolute Gasteiger partial charge is 0.301 e. The number of fused-ring (bicyclic) bond motifs is 1. The van der Waals surface area contributed by atoms with E-state index in [9.17, 15) is 9.18 Å². The highest BCUT2D eigenvalue weighted by atomic mass is 19.1. The first-order valence-corrected chi connectivity index (χ1v) is 11.4. The molecule has 0 spiro atoms. The monoisotopic (exact) mass is 421 g/mol. The summed E-state index contributed by atoms with van der Waals surface area (Å²) in [6.07, 6.45) is 2.30. The topological polar surface area (TPSA) is 38.1 Å². The zero-order valence-electron chi connectivity index (χ0n) is 18.9. The number of benzene rings is 2. The lowest BCUT2D eigenvalue weighted by molar-refractivity contribution is 0.129. The minimum absolute atomic E-state index is 0.00798. The van der Waals surface area contributed by atoms with Crippen LogP contribution >= 0.6 is 0 Å². The quantitative estimate of drug-likeness (QED) is 0.550. The molecule has 1 aromatic heterocycles. The van der Waals surface area contributed by atoms with Gasteiger partial charge in [-0.2, -0.15) is 0 Å². The van der Waals surface area contributed by atoms with E-state index >= 15 is 0 Å². The average Bonchev–Trinajstić information content (AvgIpc) is 2.75. The van der Waals surface area contributed by atoms with Crippen LogP contribution < -0.4 is 5.56 Å². The highest BCUT2D eigenvalue weighted by Crippen LogP contribution is 2.26. The Morgan fingerprint density at radius 2 is 1.87 bits per heavy atom. The van der Waals surface area contributed by atoms with Gasteiger partial charge in [-0.3, -0.25) is 9.36 Å². The van der Waals surface area contributed by atoms with Crippen molar-refractivity contribution in [3.8, 4) is 11.1 Å². The van der Waals surface area contributed by atoms with Crippen molar-refractivity contribution in [2.75, 3.05) is 13.1 Å². The Morgan fingerprint density at radius 1 is 1.10 bits per heavy atom. The summed E-state index contributed by atoms with van der Waals surface area (Å²) >= 11 is 0. The van der Waals surface area contributed by atoms with Crippen molar-refractivity contribution in [1.29, 1.82) is 0 Å². The first-order chi connectivity index (χ1) is 14.8. The Kier molecular flexibility index (Phi) is 6.24. The van der Waals surface area contributed by atoms with Gasteiger partial charge < -0.3 is 4.90 Å². The molecule has 0 unspecified atom stereocenters. The van der Waals surface area contributed by atoms with Gasteiger partial charge in [0.05, 0.1) is 10.9 Å². The fourth-order valence-corrected chi connectivity index (χ4v) is 4.68. The zero-order valence-corrected chi connectivity index (χ0v) is 18.9. The molecule has 1 aliphatic rings. The molecule has 4 rings (SSSR count). The van der Waals surface area contributed by atoms with Crippen molar-refractivity contribution in [1.82, 2.24) is 14.5 Å². The molecule has 3 aromatic rings. The highest BCUT2D eigenvalue weighted by molar-refractivity contribution is 5.83. The molecule has 4 nitrogen and oxygen atoms in total. The summed E-state index contributed by atoms with van der Waals surface area (Å²) in [5, 5.41) is 0.600. The molecular weight excluding hydrogens is 389 g/mol. The van der Waals surface area contributed by atoms with Gasteiger partial charge in [-0.1, -0.05) is 32.0 Å². The first kappa shape index (κ1) is 21.7. The first-order valence-electron chi connectivity index (χ1n) is 11.4. The van der Waals surface area contributed by atoms with Crippen LogP contribution in [0.1, 0.15) is 52.3 Å². The number of hydrogen-bond acceptors (Lipinski definition) is 3. The van der Waals surface area contributed by atoms with E-state index in [0.29, 0.717) is 29.4 Å². The fraction of sp³-hybridized carbons (Fsp3) is 0.462. The molecule has 1 saturated heterocycles. The maximum atomic E-state index is 13.7. The number of nitrogens with zero attached hydrogens (tertiary/aromatic N) is 3. The van der Waals surface area contributed by atoms with Crippen molar-refractivity contribution in [2.24, 2.45) is 5.92 Å². The van der Waals surface area contributed by atoms with Crippen LogP contribution in [0.5, 0.6) is 0 Å². The van der Waals surface area contributed by atoms with Crippen LogP contribution in [-0.4, -0.2) is 33.6 Å². The van der Waals surface area contributed by atoms with E-state index in [1.807, 2.05) is 28.8 Å². The maximum Gasteiger partial charge on any atom is 0.261 e. The number of piperidine rings is 1.